The molecule has 0 spiro atoms. The highest BCUT2D eigenvalue weighted by molar-refractivity contribution is 5.40. The maximum atomic E-state index is 9.04. The van der Waals surface area contributed by atoms with E-state index >= 15 is 0 Å². The molecule has 0 radical (unpaired) electrons. The van der Waals surface area contributed by atoms with Crippen molar-refractivity contribution in [1.29, 1.82) is 0 Å². The number of rotatable bonds is 4. The second-order valence-electron chi connectivity index (χ2n) is 5.10. The number of aromatic hydroxyl groups is 2. The highest BCUT2D eigenvalue weighted by atomic mass is 16.3. The Hall–Kier alpha value is -1.30. The molecule has 18 heavy (non-hydrogen) atoms. The van der Waals surface area contributed by atoms with Gasteiger partial charge in [0.2, 0.25) is 0 Å². The lowest BCUT2D eigenvalue weighted by molar-refractivity contribution is -0.870. The molecule has 0 aliphatic carbocycles. The first kappa shape index (κ1) is 16.7. The Balaban J connectivity index is 0.000000360. The number of phenols is 2. The van der Waals surface area contributed by atoms with E-state index in [1.54, 1.807) is 6.07 Å². The summed E-state index contributed by atoms with van der Waals surface area (Å²) in [5, 5.41) is 26.4. The number of aliphatic hydroxyl groups excluding tert-OH is 1. The number of nitrogens with two attached hydrogens (primary N) is 1. The standard InChI is InChI=1S/C8H11NO2.C5H14NO/c9-4-3-6-1-2-7(10)8(11)5-6;1-6(2,3)4-5-7/h1-2,5,10-11H,3-4,9H2;7H,4-5H2,1-3H3/q;+1. The third-order valence-corrected chi connectivity index (χ3v) is 2.24. The predicted octanol–water partition coefficient (Wildman–Crippen LogP) is 0.284. The maximum Gasteiger partial charge on any atom is 0.157 e. The van der Waals surface area contributed by atoms with Gasteiger partial charge in [-0.05, 0) is 30.7 Å². The summed E-state index contributed by atoms with van der Waals surface area (Å²) < 4.78 is 0.844. The Morgan fingerprint density at radius 3 is 2.06 bits per heavy atom. The van der Waals surface area contributed by atoms with Crippen LogP contribution in [-0.4, -0.2) is 60.6 Å². The molecule has 0 bridgehead atoms. The molecule has 0 aromatic heterocycles. The fraction of sp³-hybridized carbons (Fsp3) is 0.538. The third kappa shape index (κ3) is 7.89. The van der Waals surface area contributed by atoms with Crippen LogP contribution in [-0.2, 0) is 6.42 Å². The van der Waals surface area contributed by atoms with Gasteiger partial charge in [-0.1, -0.05) is 6.07 Å². The maximum absolute atomic E-state index is 9.04. The van der Waals surface area contributed by atoms with Gasteiger partial charge in [0, 0.05) is 0 Å². The van der Waals surface area contributed by atoms with E-state index in [0.717, 1.165) is 16.6 Å². The molecule has 0 saturated heterocycles. The van der Waals surface area contributed by atoms with Crippen molar-refractivity contribution in [2.75, 3.05) is 40.8 Å². The van der Waals surface area contributed by atoms with Gasteiger partial charge < -0.3 is 25.5 Å². The van der Waals surface area contributed by atoms with Gasteiger partial charge >= 0.3 is 0 Å². The van der Waals surface area contributed by atoms with Crippen LogP contribution in [0.5, 0.6) is 11.5 Å². The van der Waals surface area contributed by atoms with Gasteiger partial charge in [-0.2, -0.15) is 0 Å². The van der Waals surface area contributed by atoms with E-state index < -0.39 is 0 Å². The monoisotopic (exact) mass is 257 g/mol. The molecule has 5 nitrogen and oxygen atoms in total. The van der Waals surface area contributed by atoms with Crippen molar-refractivity contribution in [3.63, 3.8) is 0 Å². The first-order chi connectivity index (χ1) is 8.30. The van der Waals surface area contributed by atoms with Gasteiger partial charge in [-0.25, -0.2) is 0 Å². The van der Waals surface area contributed by atoms with Crippen LogP contribution in [0.15, 0.2) is 18.2 Å². The van der Waals surface area contributed by atoms with Crippen molar-refractivity contribution < 1.29 is 19.8 Å². The minimum atomic E-state index is -0.0919. The molecule has 1 aromatic rings. The average molecular weight is 257 g/mol. The summed E-state index contributed by atoms with van der Waals surface area (Å²) >= 11 is 0. The number of aliphatic hydroxyl groups is 1. The molecule has 104 valence electrons. The van der Waals surface area contributed by atoms with Crippen molar-refractivity contribution in [1.82, 2.24) is 0 Å². The SMILES string of the molecule is C[N+](C)(C)CCO.NCCc1ccc(O)c(O)c1. The number of hydrogen-bond acceptors (Lipinski definition) is 4. The van der Waals surface area contributed by atoms with Crippen LogP contribution in [0.1, 0.15) is 5.56 Å². The summed E-state index contributed by atoms with van der Waals surface area (Å²) in [6.45, 7) is 1.66. The first-order valence-corrected chi connectivity index (χ1v) is 5.92. The van der Waals surface area contributed by atoms with Gasteiger partial charge in [0.25, 0.3) is 0 Å². The lowest BCUT2D eigenvalue weighted by atomic mass is 10.1. The van der Waals surface area contributed by atoms with E-state index in [1.165, 1.54) is 12.1 Å². The zero-order valence-corrected chi connectivity index (χ0v) is 11.4. The largest absolute Gasteiger partial charge is 0.504 e. The Morgan fingerprint density at radius 1 is 1.11 bits per heavy atom. The van der Waals surface area contributed by atoms with Gasteiger partial charge in [0.1, 0.15) is 6.54 Å². The van der Waals surface area contributed by atoms with Crippen molar-refractivity contribution in [3.05, 3.63) is 23.8 Å². The van der Waals surface area contributed by atoms with Crippen molar-refractivity contribution in [3.8, 4) is 11.5 Å². The summed E-state index contributed by atoms with van der Waals surface area (Å²) in [4.78, 5) is 0. The molecular formula is C13H25N2O3+. The smallest absolute Gasteiger partial charge is 0.157 e. The Labute approximate surface area is 109 Å². The molecular weight excluding hydrogens is 232 g/mol. The topological polar surface area (TPSA) is 86.7 Å². The highest BCUT2D eigenvalue weighted by Crippen LogP contribution is 2.24. The molecule has 0 heterocycles. The van der Waals surface area contributed by atoms with Crippen LogP contribution in [0.3, 0.4) is 0 Å². The third-order valence-electron chi connectivity index (χ3n) is 2.24. The molecule has 0 saturated carbocycles. The van der Waals surface area contributed by atoms with E-state index in [-0.39, 0.29) is 18.1 Å². The Kier molecular flexibility index (Phi) is 7.35. The normalized spacial score (nSPS) is 10.7. The van der Waals surface area contributed by atoms with Crippen LogP contribution in [0.2, 0.25) is 0 Å². The summed E-state index contributed by atoms with van der Waals surface area (Å²) in [7, 11) is 6.16. The number of hydrogen-bond donors (Lipinski definition) is 4. The molecule has 0 amide bonds. The second-order valence-corrected chi connectivity index (χ2v) is 5.10. The minimum absolute atomic E-state index is 0.0871. The predicted molar refractivity (Wildman–Crippen MR) is 72.5 cm³/mol. The summed E-state index contributed by atoms with van der Waals surface area (Å²) in [6, 6.07) is 4.71. The van der Waals surface area contributed by atoms with Crippen LogP contribution in [0.4, 0.5) is 0 Å². The summed E-state index contributed by atoms with van der Waals surface area (Å²) in [6.07, 6.45) is 0.716. The molecule has 5 heteroatoms. The van der Waals surface area contributed by atoms with Crippen LogP contribution in [0.25, 0.3) is 0 Å². The van der Waals surface area contributed by atoms with E-state index in [1.807, 2.05) is 0 Å². The van der Waals surface area contributed by atoms with Gasteiger partial charge in [0.05, 0.1) is 27.7 Å². The molecule has 1 rings (SSSR count). The van der Waals surface area contributed by atoms with Gasteiger partial charge in [-0.3, -0.25) is 0 Å². The van der Waals surface area contributed by atoms with E-state index in [9.17, 15) is 0 Å². The van der Waals surface area contributed by atoms with Crippen molar-refractivity contribution >= 4 is 0 Å². The lowest BCUT2D eigenvalue weighted by Crippen LogP contribution is -2.36. The number of benzene rings is 1. The lowest BCUT2D eigenvalue weighted by Gasteiger charge is -2.21. The van der Waals surface area contributed by atoms with Crippen LogP contribution in [0, 0.1) is 0 Å². The molecule has 0 atom stereocenters. The first-order valence-electron chi connectivity index (χ1n) is 5.92. The van der Waals surface area contributed by atoms with Gasteiger partial charge in [0.15, 0.2) is 11.5 Å². The number of likely N-dealkylation sites (N-methyl/N-ethyl adjacent to an activating group) is 1. The number of phenolic OH excluding ortho intramolecular Hbond substituents is 2. The zero-order valence-electron chi connectivity index (χ0n) is 11.4. The Morgan fingerprint density at radius 2 is 1.72 bits per heavy atom. The minimum Gasteiger partial charge on any atom is -0.504 e. The Bertz CT molecular complexity index is 349. The molecule has 0 fully saturated rings. The van der Waals surface area contributed by atoms with Crippen LogP contribution >= 0.6 is 0 Å². The quantitative estimate of drug-likeness (QED) is 0.461. The number of nitrogens with zero attached hydrogens (tertiary/aromatic N) is 1. The van der Waals surface area contributed by atoms with Crippen molar-refractivity contribution in [2.24, 2.45) is 5.73 Å². The van der Waals surface area contributed by atoms with E-state index in [2.05, 4.69) is 21.1 Å². The van der Waals surface area contributed by atoms with Crippen molar-refractivity contribution in [2.45, 2.75) is 6.42 Å². The zero-order chi connectivity index (χ0) is 14.2. The summed E-state index contributed by atoms with van der Waals surface area (Å²) in [5.74, 6) is -0.179. The van der Waals surface area contributed by atoms with Gasteiger partial charge in [-0.15, -0.1) is 0 Å². The van der Waals surface area contributed by atoms with Crippen LogP contribution < -0.4 is 5.73 Å². The fourth-order valence-corrected chi connectivity index (χ4v) is 1.19. The second kappa shape index (κ2) is 7.92. The summed E-state index contributed by atoms with van der Waals surface area (Å²) in [5.41, 5.74) is 6.24. The molecule has 0 aliphatic rings. The fourth-order valence-electron chi connectivity index (χ4n) is 1.19. The highest BCUT2D eigenvalue weighted by Gasteiger charge is 2.02. The molecule has 0 unspecified atom stereocenters. The molecule has 0 aliphatic heterocycles. The van der Waals surface area contributed by atoms with E-state index in [4.69, 9.17) is 21.1 Å². The molecule has 1 aromatic carbocycles. The van der Waals surface area contributed by atoms with E-state index in [0.29, 0.717) is 13.0 Å². The molecule has 5 N–H and O–H groups in total. The number of quaternary nitrogens is 1. The average Bonchev–Trinajstić information content (AvgIpc) is 2.23.